The van der Waals surface area contributed by atoms with Crippen molar-refractivity contribution in [3.8, 4) is 0 Å². The van der Waals surface area contributed by atoms with E-state index in [9.17, 15) is 9.59 Å². The van der Waals surface area contributed by atoms with Gasteiger partial charge in [-0.25, -0.2) is 4.98 Å². The third-order valence-electron chi connectivity index (χ3n) is 2.63. The smallest absolute Gasteiger partial charge is 0.172 e. The van der Waals surface area contributed by atoms with E-state index in [-0.39, 0.29) is 23.9 Å². The van der Waals surface area contributed by atoms with Crippen LogP contribution in [0.1, 0.15) is 29.6 Å². The topological polar surface area (TPSA) is 47.0 Å². The lowest BCUT2D eigenvalue weighted by Crippen LogP contribution is -2.11. The summed E-state index contributed by atoms with van der Waals surface area (Å²) in [5.74, 6) is 0.133. The first-order valence-electron chi connectivity index (χ1n) is 5.27. The Bertz CT molecular complexity index is 427. The van der Waals surface area contributed by atoms with Crippen molar-refractivity contribution in [3.63, 3.8) is 0 Å². The van der Waals surface area contributed by atoms with Gasteiger partial charge in [-0.2, -0.15) is 0 Å². The summed E-state index contributed by atoms with van der Waals surface area (Å²) in [7, 11) is 0. The molecular weight excluding hydrogens is 222 g/mol. The van der Waals surface area contributed by atoms with E-state index in [0.29, 0.717) is 10.6 Å². The quantitative estimate of drug-likeness (QED) is 0.446. The first-order valence-corrected chi connectivity index (χ1v) is 6.49. The van der Waals surface area contributed by atoms with Gasteiger partial charge >= 0.3 is 0 Å². The number of Topliss-reactive ketones (excluding diaryl/α,β-unsaturated/α-hetero) is 2. The highest BCUT2D eigenvalue weighted by Gasteiger charge is 2.31. The summed E-state index contributed by atoms with van der Waals surface area (Å²) >= 11 is 1.43. The van der Waals surface area contributed by atoms with Crippen LogP contribution in [-0.2, 0) is 4.79 Å². The Morgan fingerprint density at radius 1 is 1.50 bits per heavy atom. The molecule has 0 saturated heterocycles. The summed E-state index contributed by atoms with van der Waals surface area (Å²) in [6.07, 6.45) is 5.47. The maximum atomic E-state index is 11.9. The van der Waals surface area contributed by atoms with E-state index in [1.807, 2.05) is 6.26 Å². The van der Waals surface area contributed by atoms with Crippen LogP contribution >= 0.6 is 11.8 Å². The van der Waals surface area contributed by atoms with Crippen LogP contribution in [0.2, 0.25) is 0 Å². The minimum absolute atomic E-state index is 0.0317. The number of rotatable bonds is 5. The van der Waals surface area contributed by atoms with E-state index >= 15 is 0 Å². The maximum Gasteiger partial charge on any atom is 0.172 e. The average molecular weight is 235 g/mol. The number of hydrogen-bond donors (Lipinski definition) is 0. The minimum atomic E-state index is -0.102. The molecule has 1 aromatic heterocycles. The van der Waals surface area contributed by atoms with Gasteiger partial charge in [0.2, 0.25) is 0 Å². The highest BCUT2D eigenvalue weighted by molar-refractivity contribution is 7.98. The second-order valence-electron chi connectivity index (χ2n) is 3.90. The fourth-order valence-electron chi connectivity index (χ4n) is 1.57. The Morgan fingerprint density at radius 3 is 2.88 bits per heavy atom. The Kier molecular flexibility index (Phi) is 3.39. The van der Waals surface area contributed by atoms with Crippen LogP contribution in [0.15, 0.2) is 23.4 Å². The van der Waals surface area contributed by atoms with E-state index in [4.69, 9.17) is 0 Å². The van der Waals surface area contributed by atoms with Crippen molar-refractivity contribution in [1.82, 2.24) is 4.98 Å². The molecule has 0 aromatic carbocycles. The third-order valence-corrected chi connectivity index (χ3v) is 3.34. The molecule has 0 amide bonds. The van der Waals surface area contributed by atoms with Gasteiger partial charge in [-0.3, -0.25) is 9.59 Å². The molecule has 0 spiro atoms. The highest BCUT2D eigenvalue weighted by atomic mass is 32.2. The predicted molar refractivity (Wildman–Crippen MR) is 62.7 cm³/mol. The fourth-order valence-corrected chi connectivity index (χ4v) is 2.14. The summed E-state index contributed by atoms with van der Waals surface area (Å²) in [5, 5.41) is 0.705. The van der Waals surface area contributed by atoms with Gasteiger partial charge in [-0.05, 0) is 31.2 Å². The van der Waals surface area contributed by atoms with Gasteiger partial charge in [-0.1, -0.05) is 0 Å². The summed E-state index contributed by atoms with van der Waals surface area (Å²) in [5.41, 5.74) is 0.573. The molecule has 2 rings (SSSR count). The molecule has 0 N–H and O–H groups in total. The van der Waals surface area contributed by atoms with Gasteiger partial charge < -0.3 is 0 Å². The maximum absolute atomic E-state index is 11.9. The molecule has 1 fully saturated rings. The average Bonchev–Trinajstić information content (AvgIpc) is 3.12. The second-order valence-corrected chi connectivity index (χ2v) is 4.70. The predicted octanol–water partition coefficient (Wildman–Crippen LogP) is 2.36. The molecule has 1 saturated carbocycles. The van der Waals surface area contributed by atoms with Gasteiger partial charge in [0.05, 0.1) is 12.0 Å². The summed E-state index contributed by atoms with van der Waals surface area (Å²) in [6, 6.07) is 3.47. The van der Waals surface area contributed by atoms with E-state index < -0.39 is 0 Å². The van der Waals surface area contributed by atoms with Crippen molar-refractivity contribution in [2.75, 3.05) is 6.26 Å². The van der Waals surface area contributed by atoms with Crippen LogP contribution in [0.5, 0.6) is 0 Å². The molecule has 1 aromatic rings. The molecule has 16 heavy (non-hydrogen) atoms. The van der Waals surface area contributed by atoms with Crippen LogP contribution in [0.3, 0.4) is 0 Å². The number of carbonyl (C=O) groups is 2. The SMILES string of the molecule is CSc1ncccc1C(=O)CC(=O)C1CC1. The van der Waals surface area contributed by atoms with Crippen molar-refractivity contribution in [1.29, 1.82) is 0 Å². The van der Waals surface area contributed by atoms with Crippen LogP contribution in [0.4, 0.5) is 0 Å². The van der Waals surface area contributed by atoms with Crippen molar-refractivity contribution in [3.05, 3.63) is 23.9 Å². The Hall–Kier alpha value is -1.16. The number of ketones is 2. The molecule has 4 heteroatoms. The molecule has 1 aliphatic carbocycles. The Labute approximate surface area is 98.6 Å². The zero-order chi connectivity index (χ0) is 11.5. The summed E-state index contributed by atoms with van der Waals surface area (Å²) < 4.78 is 0. The summed E-state index contributed by atoms with van der Waals surface area (Å²) in [6.45, 7) is 0. The number of thioether (sulfide) groups is 1. The van der Waals surface area contributed by atoms with E-state index in [1.165, 1.54) is 11.8 Å². The van der Waals surface area contributed by atoms with E-state index in [0.717, 1.165) is 12.8 Å². The van der Waals surface area contributed by atoms with Crippen LogP contribution in [-0.4, -0.2) is 22.8 Å². The zero-order valence-electron chi connectivity index (χ0n) is 9.10. The normalized spacial score (nSPS) is 14.8. The zero-order valence-corrected chi connectivity index (χ0v) is 9.92. The van der Waals surface area contributed by atoms with Crippen molar-refractivity contribution in [2.45, 2.75) is 24.3 Å². The fraction of sp³-hybridized carbons (Fsp3) is 0.417. The lowest BCUT2D eigenvalue weighted by atomic mass is 10.1. The van der Waals surface area contributed by atoms with Gasteiger partial charge in [0.1, 0.15) is 10.8 Å². The van der Waals surface area contributed by atoms with Crippen molar-refractivity contribution < 1.29 is 9.59 Å². The standard InChI is InChI=1S/C12H13NO2S/c1-16-12-9(3-2-6-13-12)11(15)7-10(14)8-4-5-8/h2-3,6,8H,4-5,7H2,1H3. The monoisotopic (exact) mass is 235 g/mol. The van der Waals surface area contributed by atoms with E-state index in [2.05, 4.69) is 4.98 Å². The lowest BCUT2D eigenvalue weighted by molar-refractivity contribution is -0.119. The van der Waals surface area contributed by atoms with Gasteiger partial charge in [0, 0.05) is 12.1 Å². The molecule has 0 radical (unpaired) electrons. The van der Waals surface area contributed by atoms with Crippen molar-refractivity contribution in [2.24, 2.45) is 5.92 Å². The molecule has 0 atom stereocenters. The lowest BCUT2D eigenvalue weighted by Gasteiger charge is -2.04. The molecule has 84 valence electrons. The molecule has 0 unspecified atom stereocenters. The highest BCUT2D eigenvalue weighted by Crippen LogP contribution is 2.31. The molecule has 3 nitrogen and oxygen atoms in total. The van der Waals surface area contributed by atoms with Gasteiger partial charge in [0.25, 0.3) is 0 Å². The van der Waals surface area contributed by atoms with Gasteiger partial charge in [-0.15, -0.1) is 11.8 Å². The Balaban J connectivity index is 2.10. The third kappa shape index (κ3) is 2.50. The molecular formula is C12H13NO2S. The van der Waals surface area contributed by atoms with Crippen LogP contribution in [0, 0.1) is 5.92 Å². The molecule has 1 aliphatic rings. The van der Waals surface area contributed by atoms with Crippen molar-refractivity contribution >= 4 is 23.3 Å². The first-order chi connectivity index (χ1) is 7.72. The largest absolute Gasteiger partial charge is 0.299 e. The number of aromatic nitrogens is 1. The summed E-state index contributed by atoms with van der Waals surface area (Å²) in [4.78, 5) is 27.6. The van der Waals surface area contributed by atoms with Gasteiger partial charge in [0.15, 0.2) is 5.78 Å². The number of nitrogens with zero attached hydrogens (tertiary/aromatic N) is 1. The van der Waals surface area contributed by atoms with E-state index in [1.54, 1.807) is 18.3 Å². The molecule has 1 heterocycles. The molecule has 0 aliphatic heterocycles. The second kappa shape index (κ2) is 4.78. The first kappa shape index (κ1) is 11.3. The number of hydrogen-bond acceptors (Lipinski definition) is 4. The van der Waals surface area contributed by atoms with Crippen LogP contribution in [0.25, 0.3) is 0 Å². The number of carbonyl (C=O) groups excluding carboxylic acids is 2. The van der Waals surface area contributed by atoms with Crippen LogP contribution < -0.4 is 0 Å². The number of pyridine rings is 1. The Morgan fingerprint density at radius 2 is 2.25 bits per heavy atom. The minimum Gasteiger partial charge on any atom is -0.299 e. The molecule has 0 bridgehead atoms.